The van der Waals surface area contributed by atoms with E-state index in [1.54, 1.807) is 27.7 Å². The third-order valence-corrected chi connectivity index (χ3v) is 3.71. The van der Waals surface area contributed by atoms with E-state index in [0.717, 1.165) is 0 Å². The van der Waals surface area contributed by atoms with Crippen molar-refractivity contribution in [2.24, 2.45) is 5.92 Å². The normalized spacial score (nSPS) is 15.3. The second-order valence-electron chi connectivity index (χ2n) is 5.56. The van der Waals surface area contributed by atoms with Crippen molar-refractivity contribution < 1.29 is 33.2 Å². The Morgan fingerprint density at radius 2 is 1.83 bits per heavy atom. The van der Waals surface area contributed by atoms with Crippen LogP contribution in [0.4, 0.5) is 0 Å². The highest BCUT2D eigenvalue weighted by Crippen LogP contribution is 2.44. The molecule has 4 N–H and O–H groups in total. The molecule has 2 amide bonds. The van der Waals surface area contributed by atoms with Gasteiger partial charge in [-0.1, -0.05) is 13.8 Å². The van der Waals surface area contributed by atoms with E-state index in [4.69, 9.17) is 14.2 Å². The standard InChI is InChI=1S/C13H27N2O7P/c1-9(2)13(18)14-6-5-12(17)15-11(7-16)8-21-23(19,20)22-10(3)4/h9-11,16H,5-8H2,1-4H3,(H,14,18)(H,15,17)(H,19,20). The van der Waals surface area contributed by atoms with Gasteiger partial charge in [-0.15, -0.1) is 0 Å². The summed E-state index contributed by atoms with van der Waals surface area (Å²) < 4.78 is 20.9. The molecule has 0 aromatic heterocycles. The highest BCUT2D eigenvalue weighted by atomic mass is 31.2. The molecule has 0 aliphatic rings. The minimum absolute atomic E-state index is 0.0221. The van der Waals surface area contributed by atoms with Crippen LogP contribution in [0.5, 0.6) is 0 Å². The summed E-state index contributed by atoms with van der Waals surface area (Å²) in [6.07, 6.45) is -0.480. The molecular weight excluding hydrogens is 327 g/mol. The van der Waals surface area contributed by atoms with Crippen molar-refractivity contribution in [3.05, 3.63) is 0 Å². The second-order valence-corrected chi connectivity index (χ2v) is 6.97. The maximum atomic E-state index is 11.7. The fraction of sp³-hybridized carbons (Fsp3) is 0.846. The van der Waals surface area contributed by atoms with E-state index in [1.165, 1.54) is 0 Å². The molecular formula is C13H27N2O7P. The van der Waals surface area contributed by atoms with E-state index in [2.05, 4.69) is 10.6 Å². The lowest BCUT2D eigenvalue weighted by Crippen LogP contribution is -2.42. The van der Waals surface area contributed by atoms with Gasteiger partial charge >= 0.3 is 7.82 Å². The summed E-state index contributed by atoms with van der Waals surface area (Å²) in [4.78, 5) is 32.4. The average molecular weight is 354 g/mol. The number of carbonyl (C=O) groups is 2. The molecule has 2 unspecified atom stereocenters. The average Bonchev–Trinajstić information content (AvgIpc) is 2.41. The molecule has 2 atom stereocenters. The number of carbonyl (C=O) groups excluding carboxylic acids is 2. The van der Waals surface area contributed by atoms with Gasteiger partial charge in [0.25, 0.3) is 0 Å². The lowest BCUT2D eigenvalue weighted by molar-refractivity contribution is -0.124. The van der Waals surface area contributed by atoms with Crippen LogP contribution in [0.3, 0.4) is 0 Å². The molecule has 0 spiro atoms. The molecule has 0 aliphatic carbocycles. The Bertz CT molecular complexity index is 429. The summed E-state index contributed by atoms with van der Waals surface area (Å²) in [7, 11) is -4.22. The fourth-order valence-corrected chi connectivity index (χ4v) is 2.39. The second kappa shape index (κ2) is 10.7. The van der Waals surface area contributed by atoms with Crippen molar-refractivity contribution in [1.29, 1.82) is 0 Å². The summed E-state index contributed by atoms with van der Waals surface area (Å²) in [5, 5.41) is 14.2. The van der Waals surface area contributed by atoms with E-state index in [-0.39, 0.29) is 31.4 Å². The Hall–Kier alpha value is -0.990. The molecule has 0 rings (SSSR count). The number of rotatable bonds is 11. The number of amides is 2. The van der Waals surface area contributed by atoms with Crippen molar-refractivity contribution in [2.45, 2.75) is 46.3 Å². The smallest absolute Gasteiger partial charge is 0.394 e. The molecule has 0 aliphatic heterocycles. The molecule has 136 valence electrons. The lowest BCUT2D eigenvalue weighted by Gasteiger charge is -2.19. The van der Waals surface area contributed by atoms with E-state index in [0.29, 0.717) is 0 Å². The van der Waals surface area contributed by atoms with Crippen LogP contribution < -0.4 is 10.6 Å². The molecule has 0 fully saturated rings. The van der Waals surface area contributed by atoms with Crippen LogP contribution in [0.25, 0.3) is 0 Å². The Balaban J connectivity index is 4.15. The quantitative estimate of drug-likeness (QED) is 0.389. The molecule has 0 bridgehead atoms. The zero-order valence-electron chi connectivity index (χ0n) is 13.9. The first-order valence-electron chi connectivity index (χ1n) is 7.41. The van der Waals surface area contributed by atoms with E-state index >= 15 is 0 Å². The van der Waals surface area contributed by atoms with Gasteiger partial charge in [-0.05, 0) is 13.8 Å². The Kier molecular flexibility index (Phi) is 10.3. The van der Waals surface area contributed by atoms with E-state index < -0.39 is 32.5 Å². The third-order valence-electron chi connectivity index (χ3n) is 2.54. The van der Waals surface area contributed by atoms with Gasteiger partial charge < -0.3 is 20.6 Å². The van der Waals surface area contributed by atoms with Gasteiger partial charge in [-0.25, -0.2) is 4.57 Å². The number of nitrogens with one attached hydrogen (secondary N) is 2. The van der Waals surface area contributed by atoms with Crippen LogP contribution in [0.15, 0.2) is 0 Å². The summed E-state index contributed by atoms with van der Waals surface area (Å²) in [5.41, 5.74) is 0. The number of phosphoric ester groups is 1. The van der Waals surface area contributed by atoms with Gasteiger partial charge in [-0.3, -0.25) is 18.6 Å². The number of hydrogen-bond donors (Lipinski definition) is 4. The zero-order valence-corrected chi connectivity index (χ0v) is 14.8. The first-order chi connectivity index (χ1) is 10.6. The van der Waals surface area contributed by atoms with Crippen molar-refractivity contribution >= 4 is 19.6 Å². The largest absolute Gasteiger partial charge is 0.472 e. The minimum atomic E-state index is -4.22. The molecule has 0 saturated heterocycles. The maximum absolute atomic E-state index is 11.7. The van der Waals surface area contributed by atoms with Gasteiger partial charge in [0.2, 0.25) is 11.8 Å². The zero-order chi connectivity index (χ0) is 18.0. The monoisotopic (exact) mass is 354 g/mol. The number of aliphatic hydroxyl groups is 1. The third kappa shape index (κ3) is 11.2. The van der Waals surface area contributed by atoms with Gasteiger partial charge in [0, 0.05) is 18.9 Å². The van der Waals surface area contributed by atoms with Crippen LogP contribution in [0.2, 0.25) is 0 Å². The van der Waals surface area contributed by atoms with Gasteiger partial charge in [0.05, 0.1) is 25.4 Å². The summed E-state index contributed by atoms with van der Waals surface area (Å²) >= 11 is 0. The number of phosphoric acid groups is 1. The van der Waals surface area contributed by atoms with Gasteiger partial charge in [0.15, 0.2) is 0 Å². The van der Waals surface area contributed by atoms with Crippen LogP contribution in [0.1, 0.15) is 34.1 Å². The molecule has 23 heavy (non-hydrogen) atoms. The Morgan fingerprint density at radius 1 is 1.22 bits per heavy atom. The SMILES string of the molecule is CC(C)OP(=O)(O)OCC(CO)NC(=O)CCNC(=O)C(C)C. The van der Waals surface area contributed by atoms with Crippen molar-refractivity contribution in [2.75, 3.05) is 19.8 Å². The summed E-state index contributed by atoms with van der Waals surface area (Å²) in [6, 6.07) is -0.848. The molecule has 0 aromatic carbocycles. The summed E-state index contributed by atoms with van der Waals surface area (Å²) in [5.74, 6) is -0.752. The van der Waals surface area contributed by atoms with Crippen LogP contribution in [0, 0.1) is 5.92 Å². The van der Waals surface area contributed by atoms with Crippen molar-refractivity contribution in [1.82, 2.24) is 10.6 Å². The molecule has 0 saturated carbocycles. The minimum Gasteiger partial charge on any atom is -0.394 e. The Labute approximate surface area is 136 Å². The topological polar surface area (TPSA) is 134 Å². The Morgan fingerprint density at radius 3 is 2.30 bits per heavy atom. The molecule has 0 radical (unpaired) electrons. The highest BCUT2D eigenvalue weighted by molar-refractivity contribution is 7.47. The predicted molar refractivity (Wildman–Crippen MR) is 83.5 cm³/mol. The molecule has 0 heterocycles. The van der Waals surface area contributed by atoms with Crippen LogP contribution in [-0.4, -0.2) is 53.7 Å². The number of aliphatic hydroxyl groups excluding tert-OH is 1. The van der Waals surface area contributed by atoms with Crippen molar-refractivity contribution in [3.63, 3.8) is 0 Å². The van der Waals surface area contributed by atoms with Gasteiger partial charge in [0.1, 0.15) is 0 Å². The maximum Gasteiger partial charge on any atom is 0.472 e. The van der Waals surface area contributed by atoms with E-state index in [1.807, 2.05) is 0 Å². The van der Waals surface area contributed by atoms with Crippen LogP contribution in [-0.2, 0) is 23.2 Å². The highest BCUT2D eigenvalue weighted by Gasteiger charge is 2.25. The first kappa shape index (κ1) is 22.0. The lowest BCUT2D eigenvalue weighted by atomic mass is 10.2. The van der Waals surface area contributed by atoms with Crippen molar-refractivity contribution in [3.8, 4) is 0 Å². The molecule has 10 heteroatoms. The van der Waals surface area contributed by atoms with Gasteiger partial charge in [-0.2, -0.15) is 0 Å². The number of hydrogen-bond acceptors (Lipinski definition) is 6. The molecule has 0 aromatic rings. The molecule has 9 nitrogen and oxygen atoms in total. The fourth-order valence-electron chi connectivity index (χ4n) is 1.42. The van der Waals surface area contributed by atoms with E-state index in [9.17, 15) is 19.0 Å². The van der Waals surface area contributed by atoms with Crippen LogP contribution >= 0.6 is 7.82 Å². The first-order valence-corrected chi connectivity index (χ1v) is 8.90. The predicted octanol–water partition coefficient (Wildman–Crippen LogP) is 0.168. The summed E-state index contributed by atoms with van der Waals surface area (Å²) in [6.45, 7) is 5.94.